The molecule has 1 amide bonds. The highest BCUT2D eigenvalue weighted by Gasteiger charge is 2.10. The Kier molecular flexibility index (Phi) is 4.60. The second-order valence-corrected chi connectivity index (χ2v) is 5.11. The summed E-state index contributed by atoms with van der Waals surface area (Å²) in [5.41, 5.74) is 8.50. The van der Waals surface area contributed by atoms with Gasteiger partial charge in [-0.15, -0.1) is 0 Å². The number of nitrogens with two attached hydrogens (primary N) is 1. The first-order valence-corrected chi connectivity index (χ1v) is 6.83. The third-order valence-corrected chi connectivity index (χ3v) is 3.49. The number of benzene rings is 2. The van der Waals surface area contributed by atoms with Crippen molar-refractivity contribution in [1.29, 1.82) is 5.41 Å². The van der Waals surface area contributed by atoms with Crippen LogP contribution >= 0.6 is 11.6 Å². The largest absolute Gasteiger partial charge is 0.398 e. The predicted molar refractivity (Wildman–Crippen MR) is 86.0 cm³/mol. The minimum atomic E-state index is -0.225. The lowest BCUT2D eigenvalue weighted by molar-refractivity contribution is 0.0951. The molecule has 0 heterocycles. The van der Waals surface area contributed by atoms with E-state index in [0.717, 1.165) is 5.56 Å². The molecule has 21 heavy (non-hydrogen) atoms. The van der Waals surface area contributed by atoms with Crippen LogP contribution in [0.3, 0.4) is 0 Å². The number of carbonyl (C=O) groups excluding carboxylic acids is 1. The highest BCUT2D eigenvalue weighted by Crippen LogP contribution is 2.16. The zero-order valence-corrected chi connectivity index (χ0v) is 12.4. The molecule has 0 radical (unpaired) electrons. The molecule has 0 spiro atoms. The molecule has 4 N–H and O–H groups in total. The lowest BCUT2D eigenvalue weighted by Crippen LogP contribution is -2.23. The van der Waals surface area contributed by atoms with Gasteiger partial charge in [0.05, 0.1) is 0 Å². The molecule has 0 saturated carbocycles. The van der Waals surface area contributed by atoms with Crippen LogP contribution in [-0.4, -0.2) is 11.6 Å². The summed E-state index contributed by atoms with van der Waals surface area (Å²) in [4.78, 5) is 12.1. The highest BCUT2D eigenvalue weighted by atomic mass is 35.5. The first kappa shape index (κ1) is 15.1. The summed E-state index contributed by atoms with van der Waals surface area (Å²) in [5.74, 6) is -0.225. The SMILES string of the molecule is CC(=N)c1cc(C(=O)NCc2ccccc2Cl)ccc1N. The molecule has 0 unspecified atom stereocenters. The number of anilines is 1. The fraction of sp³-hybridized carbons (Fsp3) is 0.125. The standard InChI is InChI=1S/C16H16ClN3O/c1-10(18)13-8-11(6-7-15(13)19)16(21)20-9-12-4-2-3-5-14(12)17/h2-8,18H,9,19H2,1H3,(H,20,21). The number of nitrogens with one attached hydrogen (secondary N) is 2. The predicted octanol–water partition coefficient (Wildman–Crippen LogP) is 3.24. The van der Waals surface area contributed by atoms with E-state index in [-0.39, 0.29) is 5.91 Å². The van der Waals surface area contributed by atoms with Crippen LogP contribution in [0.5, 0.6) is 0 Å². The molecule has 4 nitrogen and oxygen atoms in total. The van der Waals surface area contributed by atoms with E-state index < -0.39 is 0 Å². The van der Waals surface area contributed by atoms with Gasteiger partial charge in [0.2, 0.25) is 0 Å². The topological polar surface area (TPSA) is 79.0 Å². The quantitative estimate of drug-likeness (QED) is 0.599. The zero-order valence-electron chi connectivity index (χ0n) is 11.6. The molecule has 0 aliphatic rings. The molecular weight excluding hydrogens is 286 g/mol. The van der Waals surface area contributed by atoms with E-state index in [9.17, 15) is 4.79 Å². The number of amides is 1. The summed E-state index contributed by atoms with van der Waals surface area (Å²) in [6.45, 7) is 1.99. The molecule has 0 aromatic heterocycles. The summed E-state index contributed by atoms with van der Waals surface area (Å²) in [7, 11) is 0. The van der Waals surface area contributed by atoms with Crippen molar-refractivity contribution in [1.82, 2.24) is 5.32 Å². The van der Waals surface area contributed by atoms with Gasteiger partial charge in [-0.2, -0.15) is 0 Å². The zero-order chi connectivity index (χ0) is 15.4. The molecular formula is C16H16ClN3O. The van der Waals surface area contributed by atoms with Gasteiger partial charge in [-0.1, -0.05) is 29.8 Å². The number of hydrogen-bond donors (Lipinski definition) is 3. The van der Waals surface area contributed by atoms with Gasteiger partial charge >= 0.3 is 0 Å². The molecule has 0 saturated heterocycles. The van der Waals surface area contributed by atoms with Crippen molar-refractivity contribution in [3.63, 3.8) is 0 Å². The molecule has 0 aliphatic carbocycles. The number of nitrogen functional groups attached to an aromatic ring is 1. The Morgan fingerprint density at radius 3 is 2.67 bits per heavy atom. The van der Waals surface area contributed by atoms with Crippen LogP contribution in [0.2, 0.25) is 5.02 Å². The Balaban J connectivity index is 2.12. The Morgan fingerprint density at radius 1 is 1.29 bits per heavy atom. The molecule has 0 atom stereocenters. The second-order valence-electron chi connectivity index (χ2n) is 4.70. The van der Waals surface area contributed by atoms with Crippen molar-refractivity contribution in [3.05, 3.63) is 64.2 Å². The van der Waals surface area contributed by atoms with Crippen molar-refractivity contribution in [2.75, 3.05) is 5.73 Å². The van der Waals surface area contributed by atoms with Crippen molar-refractivity contribution >= 4 is 28.9 Å². The van der Waals surface area contributed by atoms with Crippen LogP contribution in [0.1, 0.15) is 28.4 Å². The Labute approximate surface area is 128 Å². The maximum Gasteiger partial charge on any atom is 0.251 e. The minimum absolute atomic E-state index is 0.225. The molecule has 0 bridgehead atoms. The van der Waals surface area contributed by atoms with E-state index in [4.69, 9.17) is 22.7 Å². The van der Waals surface area contributed by atoms with Crippen LogP contribution < -0.4 is 11.1 Å². The molecule has 5 heteroatoms. The maximum absolute atomic E-state index is 12.1. The van der Waals surface area contributed by atoms with Crippen molar-refractivity contribution in [2.24, 2.45) is 0 Å². The van der Waals surface area contributed by atoms with Crippen molar-refractivity contribution in [2.45, 2.75) is 13.5 Å². The summed E-state index contributed by atoms with van der Waals surface area (Å²) in [6, 6.07) is 12.3. The lowest BCUT2D eigenvalue weighted by atomic mass is 10.0. The number of rotatable bonds is 4. The fourth-order valence-electron chi connectivity index (χ4n) is 1.94. The van der Waals surface area contributed by atoms with Crippen LogP contribution in [0, 0.1) is 5.41 Å². The first-order chi connectivity index (χ1) is 9.99. The number of hydrogen-bond acceptors (Lipinski definition) is 3. The second kappa shape index (κ2) is 6.41. The average Bonchev–Trinajstić information content (AvgIpc) is 2.46. The maximum atomic E-state index is 12.1. The highest BCUT2D eigenvalue weighted by molar-refractivity contribution is 6.31. The van der Waals surface area contributed by atoms with Gasteiger partial charge in [0.1, 0.15) is 0 Å². The Hall–Kier alpha value is -2.33. The summed E-state index contributed by atoms with van der Waals surface area (Å²) in [6.07, 6.45) is 0. The first-order valence-electron chi connectivity index (χ1n) is 6.45. The molecule has 2 rings (SSSR count). The van der Waals surface area contributed by atoms with E-state index in [1.807, 2.05) is 18.2 Å². The van der Waals surface area contributed by atoms with Gasteiger partial charge in [0, 0.05) is 34.1 Å². The van der Waals surface area contributed by atoms with Crippen LogP contribution in [0.25, 0.3) is 0 Å². The average molecular weight is 302 g/mol. The van der Waals surface area contributed by atoms with Gasteiger partial charge < -0.3 is 16.5 Å². The monoisotopic (exact) mass is 301 g/mol. The summed E-state index contributed by atoms with van der Waals surface area (Å²) in [5, 5.41) is 11.1. The summed E-state index contributed by atoms with van der Waals surface area (Å²) >= 11 is 6.05. The molecule has 2 aromatic rings. The van der Waals surface area contributed by atoms with Crippen LogP contribution in [0.4, 0.5) is 5.69 Å². The third-order valence-electron chi connectivity index (χ3n) is 3.12. The van der Waals surface area contributed by atoms with E-state index in [2.05, 4.69) is 5.32 Å². The van der Waals surface area contributed by atoms with Crippen molar-refractivity contribution < 1.29 is 4.79 Å². The van der Waals surface area contributed by atoms with E-state index in [1.54, 1.807) is 31.2 Å². The van der Waals surface area contributed by atoms with Crippen molar-refractivity contribution in [3.8, 4) is 0 Å². The van der Waals surface area contributed by atoms with Gasteiger partial charge in [-0.3, -0.25) is 4.79 Å². The van der Waals surface area contributed by atoms with Gasteiger partial charge in [0.15, 0.2) is 0 Å². The van der Waals surface area contributed by atoms with Gasteiger partial charge in [0.25, 0.3) is 5.91 Å². The normalized spacial score (nSPS) is 10.2. The van der Waals surface area contributed by atoms with E-state index in [0.29, 0.717) is 34.1 Å². The lowest BCUT2D eigenvalue weighted by Gasteiger charge is -2.09. The third kappa shape index (κ3) is 3.61. The van der Waals surface area contributed by atoms with Gasteiger partial charge in [-0.25, -0.2) is 0 Å². The fourth-order valence-corrected chi connectivity index (χ4v) is 2.14. The molecule has 2 aromatic carbocycles. The molecule has 108 valence electrons. The van der Waals surface area contributed by atoms with Gasteiger partial charge in [-0.05, 0) is 36.8 Å². The Morgan fingerprint density at radius 2 is 2.00 bits per heavy atom. The van der Waals surface area contributed by atoms with Crippen LogP contribution in [0.15, 0.2) is 42.5 Å². The minimum Gasteiger partial charge on any atom is -0.398 e. The van der Waals surface area contributed by atoms with Crippen LogP contribution in [-0.2, 0) is 6.54 Å². The molecule has 0 fully saturated rings. The number of carbonyl (C=O) groups is 1. The summed E-state index contributed by atoms with van der Waals surface area (Å²) < 4.78 is 0. The van der Waals surface area contributed by atoms with E-state index in [1.165, 1.54) is 0 Å². The number of halogens is 1. The Bertz CT molecular complexity index is 698. The van der Waals surface area contributed by atoms with E-state index >= 15 is 0 Å². The smallest absolute Gasteiger partial charge is 0.251 e. The molecule has 0 aliphatic heterocycles.